The van der Waals surface area contributed by atoms with Crippen LogP contribution in [0, 0.1) is 17.8 Å². The van der Waals surface area contributed by atoms with Gasteiger partial charge in [0, 0.05) is 18.3 Å². The van der Waals surface area contributed by atoms with Crippen LogP contribution in [-0.4, -0.2) is 32.3 Å². The minimum Gasteiger partial charge on any atom is -0.480 e. The maximum Gasteiger partial charge on any atom is 0.320 e. The Morgan fingerprint density at radius 3 is 2.52 bits per heavy atom. The lowest BCUT2D eigenvalue weighted by Crippen LogP contribution is -2.52. The van der Waals surface area contributed by atoms with Crippen LogP contribution in [0.4, 0.5) is 0 Å². The molecule has 0 aliphatic heterocycles. The van der Waals surface area contributed by atoms with Crippen LogP contribution in [0.15, 0.2) is 12.5 Å². The van der Waals surface area contributed by atoms with Crippen LogP contribution < -0.4 is 5.73 Å². The fraction of sp³-hybridized carbons (Fsp3) is 0.765. The summed E-state index contributed by atoms with van der Waals surface area (Å²) in [4.78, 5) is 15.1. The molecule has 5 rings (SSSR count). The summed E-state index contributed by atoms with van der Waals surface area (Å²) in [5.41, 5.74) is 6.51. The van der Waals surface area contributed by atoms with Gasteiger partial charge in [-0.25, -0.2) is 4.98 Å². The lowest BCUT2D eigenvalue weighted by molar-refractivity contribution is -0.181. The Hall–Kier alpha value is -1.40. The van der Waals surface area contributed by atoms with Gasteiger partial charge in [-0.05, 0) is 56.3 Å². The monoisotopic (exact) mass is 319 g/mol. The molecule has 6 nitrogen and oxygen atoms in total. The summed E-state index contributed by atoms with van der Waals surface area (Å²) >= 11 is 0. The van der Waals surface area contributed by atoms with E-state index in [0.29, 0.717) is 6.73 Å². The van der Waals surface area contributed by atoms with E-state index in [4.69, 9.17) is 15.6 Å². The first-order valence-electron chi connectivity index (χ1n) is 8.64. The number of hydrogen-bond acceptors (Lipinski definition) is 4. The summed E-state index contributed by atoms with van der Waals surface area (Å²) in [5, 5.41) is 8.97. The summed E-state index contributed by atoms with van der Waals surface area (Å²) in [7, 11) is 0. The Kier molecular flexibility index (Phi) is 3.69. The van der Waals surface area contributed by atoms with E-state index in [2.05, 4.69) is 4.98 Å². The third kappa shape index (κ3) is 2.90. The fourth-order valence-corrected chi connectivity index (χ4v) is 5.36. The van der Waals surface area contributed by atoms with E-state index in [0.717, 1.165) is 23.4 Å². The van der Waals surface area contributed by atoms with Crippen molar-refractivity contribution < 1.29 is 14.6 Å². The quantitative estimate of drug-likeness (QED) is 0.834. The molecule has 1 unspecified atom stereocenters. The number of carboxylic acids is 1. The average molecular weight is 319 g/mol. The minimum atomic E-state index is -0.986. The van der Waals surface area contributed by atoms with Gasteiger partial charge in [-0.2, -0.15) is 0 Å². The first-order valence-corrected chi connectivity index (χ1v) is 8.64. The number of rotatable bonds is 6. The number of carboxylic acid groups (broad SMARTS) is 1. The zero-order valence-electron chi connectivity index (χ0n) is 13.4. The Labute approximate surface area is 136 Å². The number of aromatic nitrogens is 2. The molecule has 126 valence electrons. The fourth-order valence-electron chi connectivity index (χ4n) is 5.36. The maximum atomic E-state index is 10.9. The largest absolute Gasteiger partial charge is 0.480 e. The van der Waals surface area contributed by atoms with Gasteiger partial charge in [0.15, 0.2) is 0 Å². The molecule has 4 bridgehead atoms. The van der Waals surface area contributed by atoms with Crippen LogP contribution in [0.3, 0.4) is 0 Å². The molecule has 1 aromatic heterocycles. The predicted molar refractivity (Wildman–Crippen MR) is 83.5 cm³/mol. The highest BCUT2D eigenvalue weighted by Gasteiger charge is 2.51. The smallest absolute Gasteiger partial charge is 0.320 e. The van der Waals surface area contributed by atoms with Gasteiger partial charge in [0.1, 0.15) is 12.8 Å². The predicted octanol–water partition coefficient (Wildman–Crippen LogP) is 1.78. The van der Waals surface area contributed by atoms with Gasteiger partial charge in [-0.15, -0.1) is 0 Å². The number of ether oxygens (including phenoxy) is 1. The van der Waals surface area contributed by atoms with Crippen LogP contribution in [0.5, 0.6) is 0 Å². The molecule has 4 fully saturated rings. The van der Waals surface area contributed by atoms with E-state index in [-0.39, 0.29) is 12.0 Å². The normalized spacial score (nSPS) is 36.3. The van der Waals surface area contributed by atoms with E-state index in [1.54, 1.807) is 12.5 Å². The highest BCUT2D eigenvalue weighted by atomic mass is 16.5. The number of nitrogens with zero attached hydrogens (tertiary/aromatic N) is 2. The van der Waals surface area contributed by atoms with E-state index >= 15 is 0 Å². The molecule has 0 aromatic carbocycles. The van der Waals surface area contributed by atoms with Crippen molar-refractivity contribution in [1.29, 1.82) is 0 Å². The molecule has 1 heterocycles. The van der Waals surface area contributed by atoms with Crippen molar-refractivity contribution in [2.45, 2.75) is 63.3 Å². The second-order valence-corrected chi connectivity index (χ2v) is 7.88. The van der Waals surface area contributed by atoms with Crippen molar-refractivity contribution in [2.24, 2.45) is 23.5 Å². The summed E-state index contributed by atoms with van der Waals surface area (Å²) in [6, 6.07) is -0.898. The maximum absolute atomic E-state index is 10.9. The number of nitrogens with two attached hydrogens (primary N) is 1. The van der Waals surface area contributed by atoms with Gasteiger partial charge in [0.25, 0.3) is 0 Å². The lowest BCUT2D eigenvalue weighted by Gasteiger charge is -2.56. The molecule has 0 radical (unpaired) electrons. The number of carbonyl (C=O) groups is 1. The molecule has 4 aliphatic rings. The Bertz CT molecular complexity index is 562. The second-order valence-electron chi connectivity index (χ2n) is 7.88. The van der Waals surface area contributed by atoms with Crippen molar-refractivity contribution in [3.8, 4) is 0 Å². The molecular formula is C17H25N3O3. The van der Waals surface area contributed by atoms with E-state index in [1.807, 2.05) is 4.57 Å². The van der Waals surface area contributed by atoms with E-state index in [1.165, 1.54) is 38.5 Å². The van der Waals surface area contributed by atoms with E-state index in [9.17, 15) is 4.79 Å². The first kappa shape index (κ1) is 15.1. The topological polar surface area (TPSA) is 90.4 Å². The van der Waals surface area contributed by atoms with Gasteiger partial charge in [-0.3, -0.25) is 4.79 Å². The van der Waals surface area contributed by atoms with E-state index < -0.39 is 12.0 Å². The number of imidazole rings is 1. The minimum absolute atomic E-state index is 0.0468. The van der Waals surface area contributed by atoms with Gasteiger partial charge >= 0.3 is 5.97 Å². The zero-order chi connectivity index (χ0) is 16.0. The highest BCUT2D eigenvalue weighted by molar-refractivity contribution is 5.73. The molecule has 0 amide bonds. The van der Waals surface area contributed by atoms with Crippen molar-refractivity contribution in [3.05, 3.63) is 18.2 Å². The van der Waals surface area contributed by atoms with Crippen molar-refractivity contribution in [3.63, 3.8) is 0 Å². The van der Waals surface area contributed by atoms with Gasteiger partial charge in [-0.1, -0.05) is 0 Å². The van der Waals surface area contributed by atoms with Gasteiger partial charge in [0.2, 0.25) is 0 Å². The second kappa shape index (κ2) is 5.60. The highest BCUT2D eigenvalue weighted by Crippen LogP contribution is 2.57. The van der Waals surface area contributed by atoms with Crippen molar-refractivity contribution in [1.82, 2.24) is 9.55 Å². The molecular weight excluding hydrogens is 294 g/mol. The van der Waals surface area contributed by atoms with Crippen LogP contribution in [-0.2, 0) is 22.7 Å². The van der Waals surface area contributed by atoms with Crippen LogP contribution in [0.25, 0.3) is 0 Å². The Balaban J connectivity index is 1.42. The number of hydrogen-bond donors (Lipinski definition) is 2. The molecule has 3 N–H and O–H groups in total. The molecule has 23 heavy (non-hydrogen) atoms. The lowest BCUT2D eigenvalue weighted by atomic mass is 9.54. The first-order chi connectivity index (χ1) is 11.0. The van der Waals surface area contributed by atoms with Crippen LogP contribution in [0.2, 0.25) is 0 Å². The Morgan fingerprint density at radius 2 is 1.96 bits per heavy atom. The molecule has 4 saturated carbocycles. The SMILES string of the molecule is NC(Cc1cncn1COC12CC3CC(CC(C3)C1)C2)C(=O)O. The Morgan fingerprint density at radius 1 is 1.35 bits per heavy atom. The van der Waals surface area contributed by atoms with Crippen molar-refractivity contribution in [2.75, 3.05) is 0 Å². The number of aliphatic carboxylic acids is 1. The molecule has 1 atom stereocenters. The van der Waals surface area contributed by atoms with Crippen molar-refractivity contribution >= 4 is 5.97 Å². The molecule has 6 heteroatoms. The molecule has 4 aliphatic carbocycles. The van der Waals surface area contributed by atoms with Gasteiger partial charge in [0.05, 0.1) is 11.9 Å². The summed E-state index contributed by atoms with van der Waals surface area (Å²) in [6.07, 6.45) is 11.4. The van der Waals surface area contributed by atoms with Crippen LogP contribution in [0.1, 0.15) is 44.2 Å². The third-order valence-corrected chi connectivity index (χ3v) is 6.04. The summed E-state index contributed by atoms with van der Waals surface area (Å²) in [6.45, 7) is 0.452. The molecule has 1 aromatic rings. The molecule has 0 spiro atoms. The van der Waals surface area contributed by atoms with Gasteiger partial charge < -0.3 is 20.1 Å². The molecule has 0 saturated heterocycles. The average Bonchev–Trinajstić information content (AvgIpc) is 2.91. The summed E-state index contributed by atoms with van der Waals surface area (Å²) in [5.74, 6) is 1.57. The van der Waals surface area contributed by atoms with Crippen LogP contribution >= 0.6 is 0 Å². The summed E-state index contributed by atoms with van der Waals surface area (Å²) < 4.78 is 8.31. The third-order valence-electron chi connectivity index (χ3n) is 6.04. The standard InChI is InChI=1S/C17H25N3O3/c18-15(16(21)22)4-14-8-19-9-20(14)10-23-17-5-11-1-12(6-17)3-13(2-11)7-17/h8-9,11-13,15H,1-7,10,18H2,(H,21,22). The zero-order valence-corrected chi connectivity index (χ0v) is 13.4.